The SMILES string of the molecule is CCOC(=O)C(N)Cc1cc(C)cc(Br)c1. The molecule has 3 nitrogen and oxygen atoms in total. The molecule has 0 heterocycles. The minimum absolute atomic E-state index is 0.347. The molecule has 2 N–H and O–H groups in total. The normalized spacial score (nSPS) is 12.2. The zero-order valence-corrected chi connectivity index (χ0v) is 11.1. The average Bonchev–Trinajstić information content (AvgIpc) is 2.16. The lowest BCUT2D eigenvalue weighted by Gasteiger charge is -2.11. The molecule has 1 rings (SSSR count). The third-order valence-electron chi connectivity index (χ3n) is 2.15. The van der Waals surface area contributed by atoms with Crippen molar-refractivity contribution in [3.63, 3.8) is 0 Å². The monoisotopic (exact) mass is 285 g/mol. The summed E-state index contributed by atoms with van der Waals surface area (Å²) in [5.74, 6) is -0.347. The van der Waals surface area contributed by atoms with Crippen LogP contribution in [0.1, 0.15) is 18.1 Å². The molecule has 0 aliphatic heterocycles. The Labute approximate surface area is 104 Å². The molecule has 0 radical (unpaired) electrons. The standard InChI is InChI=1S/C12H16BrNO2/c1-3-16-12(15)11(14)7-9-4-8(2)5-10(13)6-9/h4-6,11H,3,7,14H2,1-2H3. The number of rotatable bonds is 4. The van der Waals surface area contributed by atoms with E-state index in [1.54, 1.807) is 6.92 Å². The summed E-state index contributed by atoms with van der Waals surface area (Å²) >= 11 is 3.41. The second-order valence-corrected chi connectivity index (χ2v) is 4.62. The molecule has 16 heavy (non-hydrogen) atoms. The molecule has 1 aromatic rings. The van der Waals surface area contributed by atoms with E-state index in [0.29, 0.717) is 13.0 Å². The highest BCUT2D eigenvalue weighted by Gasteiger charge is 2.15. The molecular weight excluding hydrogens is 270 g/mol. The summed E-state index contributed by atoms with van der Waals surface area (Å²) in [5.41, 5.74) is 7.92. The summed E-state index contributed by atoms with van der Waals surface area (Å²) in [7, 11) is 0. The summed E-state index contributed by atoms with van der Waals surface area (Å²) in [5, 5.41) is 0. The zero-order chi connectivity index (χ0) is 12.1. The van der Waals surface area contributed by atoms with Crippen molar-refractivity contribution in [2.45, 2.75) is 26.3 Å². The summed E-state index contributed by atoms with van der Waals surface area (Å²) < 4.78 is 5.86. The first kappa shape index (κ1) is 13.2. The molecule has 0 aliphatic carbocycles. The van der Waals surface area contributed by atoms with Gasteiger partial charge >= 0.3 is 5.97 Å². The maximum absolute atomic E-state index is 11.4. The first-order chi connectivity index (χ1) is 7.52. The second kappa shape index (κ2) is 6.01. The Hall–Kier alpha value is -0.870. The van der Waals surface area contributed by atoms with Crippen LogP contribution in [-0.2, 0) is 16.0 Å². The van der Waals surface area contributed by atoms with Crippen molar-refractivity contribution in [3.8, 4) is 0 Å². The van der Waals surface area contributed by atoms with Gasteiger partial charge in [-0.1, -0.05) is 22.0 Å². The second-order valence-electron chi connectivity index (χ2n) is 3.70. The van der Waals surface area contributed by atoms with Gasteiger partial charge in [-0.15, -0.1) is 0 Å². The van der Waals surface area contributed by atoms with E-state index in [9.17, 15) is 4.79 Å². The average molecular weight is 286 g/mol. The maximum atomic E-state index is 11.4. The number of carbonyl (C=O) groups is 1. The van der Waals surface area contributed by atoms with Gasteiger partial charge in [-0.3, -0.25) is 4.79 Å². The zero-order valence-electron chi connectivity index (χ0n) is 9.50. The van der Waals surface area contributed by atoms with E-state index < -0.39 is 6.04 Å². The number of esters is 1. The number of aryl methyl sites for hydroxylation is 1. The van der Waals surface area contributed by atoms with Gasteiger partial charge in [0.15, 0.2) is 0 Å². The van der Waals surface area contributed by atoms with Crippen LogP contribution in [0.5, 0.6) is 0 Å². The first-order valence-corrected chi connectivity index (χ1v) is 6.00. The van der Waals surface area contributed by atoms with E-state index in [0.717, 1.165) is 15.6 Å². The number of benzene rings is 1. The van der Waals surface area contributed by atoms with Crippen LogP contribution in [-0.4, -0.2) is 18.6 Å². The van der Waals surface area contributed by atoms with Crippen molar-refractivity contribution in [2.75, 3.05) is 6.61 Å². The highest BCUT2D eigenvalue weighted by atomic mass is 79.9. The molecule has 1 atom stereocenters. The topological polar surface area (TPSA) is 52.3 Å². The van der Waals surface area contributed by atoms with Gasteiger partial charge in [0.25, 0.3) is 0 Å². The number of carbonyl (C=O) groups excluding carboxylic acids is 1. The van der Waals surface area contributed by atoms with Gasteiger partial charge in [-0.2, -0.15) is 0 Å². The van der Waals surface area contributed by atoms with Crippen LogP contribution in [0.15, 0.2) is 22.7 Å². The minimum atomic E-state index is -0.589. The van der Waals surface area contributed by atoms with Gasteiger partial charge in [0, 0.05) is 4.47 Å². The van der Waals surface area contributed by atoms with Crippen LogP contribution in [0.2, 0.25) is 0 Å². The summed E-state index contributed by atoms with van der Waals surface area (Å²) in [4.78, 5) is 11.4. The van der Waals surface area contributed by atoms with Gasteiger partial charge in [-0.05, 0) is 43.5 Å². The van der Waals surface area contributed by atoms with Crippen molar-refractivity contribution < 1.29 is 9.53 Å². The van der Waals surface area contributed by atoms with Crippen LogP contribution < -0.4 is 5.73 Å². The maximum Gasteiger partial charge on any atom is 0.323 e. The van der Waals surface area contributed by atoms with E-state index in [4.69, 9.17) is 10.5 Å². The number of nitrogens with two attached hydrogens (primary N) is 1. The molecule has 0 aromatic heterocycles. The van der Waals surface area contributed by atoms with E-state index in [1.807, 2.05) is 25.1 Å². The molecule has 0 aliphatic rings. The van der Waals surface area contributed by atoms with E-state index in [-0.39, 0.29) is 5.97 Å². The molecule has 0 fully saturated rings. The highest BCUT2D eigenvalue weighted by molar-refractivity contribution is 9.10. The van der Waals surface area contributed by atoms with E-state index >= 15 is 0 Å². The van der Waals surface area contributed by atoms with E-state index in [2.05, 4.69) is 15.9 Å². The quantitative estimate of drug-likeness (QED) is 0.863. The van der Waals surface area contributed by atoms with Crippen LogP contribution in [0, 0.1) is 6.92 Å². The lowest BCUT2D eigenvalue weighted by atomic mass is 10.0. The fourth-order valence-corrected chi connectivity index (χ4v) is 2.17. The number of hydrogen-bond acceptors (Lipinski definition) is 3. The first-order valence-electron chi connectivity index (χ1n) is 5.21. The molecule has 4 heteroatoms. The molecule has 0 bridgehead atoms. The van der Waals surface area contributed by atoms with Crippen LogP contribution in [0.3, 0.4) is 0 Å². The lowest BCUT2D eigenvalue weighted by molar-refractivity contribution is -0.144. The lowest BCUT2D eigenvalue weighted by Crippen LogP contribution is -2.34. The van der Waals surface area contributed by atoms with Crippen LogP contribution >= 0.6 is 15.9 Å². The molecule has 88 valence electrons. The van der Waals surface area contributed by atoms with Gasteiger partial charge < -0.3 is 10.5 Å². The smallest absolute Gasteiger partial charge is 0.323 e. The van der Waals surface area contributed by atoms with Crippen molar-refractivity contribution >= 4 is 21.9 Å². The third kappa shape index (κ3) is 3.94. The Morgan fingerprint density at radius 1 is 1.50 bits per heavy atom. The van der Waals surface area contributed by atoms with Gasteiger partial charge in [0.05, 0.1) is 6.61 Å². The summed E-state index contributed by atoms with van der Waals surface area (Å²) in [6.45, 7) is 4.14. The fourth-order valence-electron chi connectivity index (χ4n) is 1.52. The predicted molar refractivity (Wildman–Crippen MR) is 67.2 cm³/mol. The number of ether oxygens (including phenoxy) is 1. The predicted octanol–water partition coefficient (Wildman–Crippen LogP) is 2.19. The Morgan fingerprint density at radius 3 is 2.75 bits per heavy atom. The number of halogens is 1. The molecule has 1 aromatic carbocycles. The third-order valence-corrected chi connectivity index (χ3v) is 2.60. The van der Waals surface area contributed by atoms with Crippen molar-refractivity contribution in [1.29, 1.82) is 0 Å². The van der Waals surface area contributed by atoms with Crippen molar-refractivity contribution in [1.82, 2.24) is 0 Å². The van der Waals surface area contributed by atoms with Gasteiger partial charge in [-0.25, -0.2) is 0 Å². The van der Waals surface area contributed by atoms with Crippen LogP contribution in [0.25, 0.3) is 0 Å². The minimum Gasteiger partial charge on any atom is -0.465 e. The summed E-state index contributed by atoms with van der Waals surface area (Å²) in [6, 6.07) is 5.41. The molecule has 0 saturated carbocycles. The Kier molecular flexibility index (Phi) is 4.96. The Balaban J connectivity index is 2.69. The van der Waals surface area contributed by atoms with E-state index in [1.165, 1.54) is 0 Å². The van der Waals surface area contributed by atoms with Crippen molar-refractivity contribution in [3.05, 3.63) is 33.8 Å². The fraction of sp³-hybridized carbons (Fsp3) is 0.417. The molecule has 1 unspecified atom stereocenters. The largest absolute Gasteiger partial charge is 0.465 e. The van der Waals surface area contributed by atoms with Crippen molar-refractivity contribution in [2.24, 2.45) is 5.73 Å². The number of hydrogen-bond donors (Lipinski definition) is 1. The van der Waals surface area contributed by atoms with Gasteiger partial charge in [0.1, 0.15) is 6.04 Å². The molecule has 0 spiro atoms. The van der Waals surface area contributed by atoms with Gasteiger partial charge in [0.2, 0.25) is 0 Å². The molecular formula is C12H16BrNO2. The summed E-state index contributed by atoms with van der Waals surface area (Å²) in [6.07, 6.45) is 0.499. The molecule has 0 saturated heterocycles. The Morgan fingerprint density at radius 2 is 2.19 bits per heavy atom. The highest BCUT2D eigenvalue weighted by Crippen LogP contribution is 2.16. The molecule has 0 amide bonds. The van der Waals surface area contributed by atoms with Crippen LogP contribution in [0.4, 0.5) is 0 Å². The Bertz CT molecular complexity index is 359.